The van der Waals surface area contributed by atoms with Gasteiger partial charge in [0.25, 0.3) is 0 Å². The molecule has 1 heterocycles. The maximum absolute atomic E-state index is 11.3. The average Bonchev–Trinajstić information content (AvgIpc) is 2.48. The number of carbonyl (C=O) groups excluding carboxylic acids is 1. The quantitative estimate of drug-likeness (QED) is 0.613. The van der Waals surface area contributed by atoms with E-state index in [-0.39, 0.29) is 18.5 Å². The Bertz CT molecular complexity index is 214. The van der Waals surface area contributed by atoms with Crippen LogP contribution >= 0.6 is 0 Å². The molecule has 2 aliphatic rings. The molecule has 0 aromatic rings. The van der Waals surface area contributed by atoms with Crippen molar-refractivity contribution in [3.05, 3.63) is 0 Å². The second-order valence-corrected chi connectivity index (χ2v) is 4.30. The molecular formula is C10H16O3. The molecule has 3 heteroatoms. The largest absolute Gasteiger partial charge is 0.465 e. The third kappa shape index (κ3) is 1.35. The number of aliphatic hydroxyl groups excluding tert-OH is 1. The number of hydrogen-bond acceptors (Lipinski definition) is 3. The second-order valence-electron chi connectivity index (χ2n) is 4.30. The third-order valence-electron chi connectivity index (χ3n) is 3.67. The fourth-order valence-corrected chi connectivity index (χ4v) is 2.76. The van der Waals surface area contributed by atoms with Crippen LogP contribution in [-0.4, -0.2) is 24.3 Å². The highest BCUT2D eigenvalue weighted by Crippen LogP contribution is 2.43. The topological polar surface area (TPSA) is 46.5 Å². The number of cyclic esters (lactones) is 1. The highest BCUT2D eigenvalue weighted by atomic mass is 16.5. The van der Waals surface area contributed by atoms with Crippen LogP contribution in [0.4, 0.5) is 0 Å². The molecule has 2 rings (SSSR count). The van der Waals surface area contributed by atoms with Gasteiger partial charge in [-0.1, -0.05) is 13.3 Å². The molecule has 1 saturated heterocycles. The van der Waals surface area contributed by atoms with Crippen LogP contribution in [0.25, 0.3) is 0 Å². The molecule has 1 N–H and O–H groups in total. The van der Waals surface area contributed by atoms with Crippen molar-refractivity contribution in [2.24, 2.45) is 23.7 Å². The highest BCUT2D eigenvalue weighted by molar-refractivity contribution is 5.73. The lowest BCUT2D eigenvalue weighted by Crippen LogP contribution is -2.40. The summed E-state index contributed by atoms with van der Waals surface area (Å²) in [6.45, 7) is 2.73. The predicted molar refractivity (Wildman–Crippen MR) is 46.9 cm³/mol. The van der Waals surface area contributed by atoms with E-state index < -0.39 is 0 Å². The summed E-state index contributed by atoms with van der Waals surface area (Å²) in [5.74, 6) is 1.07. The van der Waals surface area contributed by atoms with E-state index in [9.17, 15) is 4.79 Å². The summed E-state index contributed by atoms with van der Waals surface area (Å²) in [4.78, 5) is 11.3. The zero-order valence-electron chi connectivity index (χ0n) is 7.90. The van der Waals surface area contributed by atoms with Gasteiger partial charge in [0, 0.05) is 0 Å². The van der Waals surface area contributed by atoms with E-state index in [1.165, 1.54) is 6.42 Å². The van der Waals surface area contributed by atoms with Crippen molar-refractivity contribution in [1.29, 1.82) is 0 Å². The number of aliphatic hydroxyl groups is 1. The van der Waals surface area contributed by atoms with E-state index in [4.69, 9.17) is 9.84 Å². The standard InChI is InChI=1S/C10H16O3/c1-6-2-3-7-8(4-11)10(12)13-5-9(6)7/h6-9,11H,2-5H2,1H3. The molecule has 0 spiro atoms. The van der Waals surface area contributed by atoms with E-state index in [0.29, 0.717) is 24.4 Å². The molecule has 0 radical (unpaired) electrons. The minimum absolute atomic E-state index is 0.0489. The molecule has 2 fully saturated rings. The summed E-state index contributed by atoms with van der Waals surface area (Å²) in [7, 11) is 0. The lowest BCUT2D eigenvalue weighted by atomic mass is 9.80. The molecule has 13 heavy (non-hydrogen) atoms. The van der Waals surface area contributed by atoms with E-state index in [1.54, 1.807) is 0 Å². The minimum atomic E-state index is -0.247. The van der Waals surface area contributed by atoms with E-state index in [0.717, 1.165) is 6.42 Å². The fraction of sp³-hybridized carbons (Fsp3) is 0.900. The maximum Gasteiger partial charge on any atom is 0.311 e. The number of rotatable bonds is 1. The SMILES string of the molecule is CC1CCC2C(CO)C(=O)OCC12. The van der Waals surface area contributed by atoms with E-state index >= 15 is 0 Å². The molecule has 0 amide bonds. The zero-order valence-corrected chi connectivity index (χ0v) is 7.90. The number of ether oxygens (including phenoxy) is 1. The van der Waals surface area contributed by atoms with Crippen molar-refractivity contribution in [3.8, 4) is 0 Å². The van der Waals surface area contributed by atoms with Crippen LogP contribution in [-0.2, 0) is 9.53 Å². The fourth-order valence-electron chi connectivity index (χ4n) is 2.76. The van der Waals surface area contributed by atoms with Crippen LogP contribution < -0.4 is 0 Å². The summed E-state index contributed by atoms with van der Waals surface area (Å²) < 4.78 is 5.07. The smallest absolute Gasteiger partial charge is 0.311 e. The van der Waals surface area contributed by atoms with Gasteiger partial charge in [-0.05, 0) is 24.2 Å². The summed E-state index contributed by atoms with van der Waals surface area (Å²) in [5, 5.41) is 9.09. The van der Waals surface area contributed by atoms with Crippen molar-refractivity contribution < 1.29 is 14.6 Å². The van der Waals surface area contributed by atoms with Gasteiger partial charge < -0.3 is 9.84 Å². The first-order chi connectivity index (χ1) is 6.24. The van der Waals surface area contributed by atoms with Gasteiger partial charge in [0.05, 0.1) is 19.1 Å². The van der Waals surface area contributed by atoms with Crippen LogP contribution in [0.1, 0.15) is 19.8 Å². The third-order valence-corrected chi connectivity index (χ3v) is 3.67. The van der Waals surface area contributed by atoms with Crippen LogP contribution in [0, 0.1) is 23.7 Å². The lowest BCUT2D eigenvalue weighted by Gasteiger charge is -2.32. The molecule has 1 saturated carbocycles. The van der Waals surface area contributed by atoms with Gasteiger partial charge in [-0.2, -0.15) is 0 Å². The van der Waals surface area contributed by atoms with Crippen molar-refractivity contribution in [2.45, 2.75) is 19.8 Å². The molecule has 74 valence electrons. The average molecular weight is 184 g/mol. The lowest BCUT2D eigenvalue weighted by molar-refractivity contribution is -0.163. The van der Waals surface area contributed by atoms with Crippen LogP contribution in [0.2, 0.25) is 0 Å². The zero-order chi connectivity index (χ0) is 9.42. The van der Waals surface area contributed by atoms with Gasteiger partial charge in [0.2, 0.25) is 0 Å². The molecule has 4 atom stereocenters. The maximum atomic E-state index is 11.3. The van der Waals surface area contributed by atoms with Gasteiger partial charge in [0.1, 0.15) is 0 Å². The van der Waals surface area contributed by atoms with Gasteiger partial charge >= 0.3 is 5.97 Å². The first kappa shape index (κ1) is 9.00. The number of fused-ring (bicyclic) bond motifs is 1. The Morgan fingerprint density at radius 3 is 2.92 bits per heavy atom. The molecule has 3 nitrogen and oxygen atoms in total. The van der Waals surface area contributed by atoms with Gasteiger partial charge in [-0.15, -0.1) is 0 Å². The molecule has 0 bridgehead atoms. The molecular weight excluding hydrogens is 168 g/mol. The Kier molecular flexibility index (Phi) is 2.28. The monoisotopic (exact) mass is 184 g/mol. The van der Waals surface area contributed by atoms with Crippen molar-refractivity contribution in [2.75, 3.05) is 13.2 Å². The summed E-state index contributed by atoms with van der Waals surface area (Å²) >= 11 is 0. The number of hydrogen-bond donors (Lipinski definition) is 1. The second kappa shape index (κ2) is 3.29. The summed E-state index contributed by atoms with van der Waals surface area (Å²) in [6.07, 6.45) is 2.24. The normalized spacial score (nSPS) is 44.3. The Morgan fingerprint density at radius 1 is 1.46 bits per heavy atom. The summed E-state index contributed by atoms with van der Waals surface area (Å²) in [6, 6.07) is 0. The minimum Gasteiger partial charge on any atom is -0.465 e. The Balaban J connectivity index is 2.14. The van der Waals surface area contributed by atoms with Crippen LogP contribution in [0.5, 0.6) is 0 Å². The van der Waals surface area contributed by atoms with Gasteiger partial charge in [-0.25, -0.2) is 0 Å². The Hall–Kier alpha value is -0.570. The van der Waals surface area contributed by atoms with E-state index in [2.05, 4.69) is 6.92 Å². The van der Waals surface area contributed by atoms with Gasteiger partial charge in [0.15, 0.2) is 0 Å². The van der Waals surface area contributed by atoms with Gasteiger partial charge in [-0.3, -0.25) is 4.79 Å². The molecule has 0 aromatic heterocycles. The van der Waals surface area contributed by atoms with E-state index in [1.807, 2.05) is 0 Å². The molecule has 0 aromatic carbocycles. The number of esters is 1. The van der Waals surface area contributed by atoms with Crippen molar-refractivity contribution in [3.63, 3.8) is 0 Å². The first-order valence-corrected chi connectivity index (χ1v) is 5.01. The predicted octanol–water partition coefficient (Wildman–Crippen LogP) is 0.814. The molecule has 4 unspecified atom stereocenters. The number of carbonyl (C=O) groups is 1. The van der Waals surface area contributed by atoms with Crippen molar-refractivity contribution >= 4 is 5.97 Å². The summed E-state index contributed by atoms with van der Waals surface area (Å²) in [5.41, 5.74) is 0. The molecule has 1 aliphatic heterocycles. The highest BCUT2D eigenvalue weighted by Gasteiger charge is 2.45. The Labute approximate surface area is 78.1 Å². The van der Waals surface area contributed by atoms with Crippen LogP contribution in [0.15, 0.2) is 0 Å². The Morgan fingerprint density at radius 2 is 2.23 bits per heavy atom. The van der Waals surface area contributed by atoms with Crippen molar-refractivity contribution in [1.82, 2.24) is 0 Å². The molecule has 1 aliphatic carbocycles. The first-order valence-electron chi connectivity index (χ1n) is 5.01. The van der Waals surface area contributed by atoms with Crippen LogP contribution in [0.3, 0.4) is 0 Å².